The standard InChI is InChI=1S/C33H34FN5O6S/c1-33(2)28(39-29(42)26(31(39)46-33)35-25(40)14-18-6-4-3-5-7-18)30(43)37-12-10-36(11-13-37)24-16-23-20(15-22(24)34)27(41)21(32(44)45)17-38(23)19-8-9-19/h3-7,15-17,19,26,28,31H,8-14H2,1-2H3,(H,35,40)(H,44,45)/t26-,28?,31-/m1/s1. The Morgan fingerprint density at radius 3 is 2.39 bits per heavy atom. The maximum absolute atomic E-state index is 15.5. The zero-order valence-electron chi connectivity index (χ0n) is 25.4. The number of rotatable bonds is 7. The maximum Gasteiger partial charge on any atom is 0.341 e. The molecular weight excluding hydrogens is 613 g/mol. The number of β-lactam (4-membered cyclic amide) rings is 1. The van der Waals surface area contributed by atoms with Gasteiger partial charge in [-0.2, -0.15) is 0 Å². The third-order valence-corrected chi connectivity index (χ3v) is 11.0. The van der Waals surface area contributed by atoms with E-state index in [2.05, 4.69) is 5.32 Å². The fourth-order valence-electron chi connectivity index (χ4n) is 6.90. The Morgan fingerprint density at radius 1 is 1.04 bits per heavy atom. The summed E-state index contributed by atoms with van der Waals surface area (Å²) in [5.74, 6) is -2.66. The van der Waals surface area contributed by atoms with Gasteiger partial charge in [0.25, 0.3) is 0 Å². The molecule has 1 saturated carbocycles. The van der Waals surface area contributed by atoms with Gasteiger partial charge in [0.15, 0.2) is 0 Å². The van der Waals surface area contributed by atoms with Gasteiger partial charge in [-0.25, -0.2) is 9.18 Å². The van der Waals surface area contributed by atoms with Crippen LogP contribution in [0.15, 0.2) is 53.5 Å². The van der Waals surface area contributed by atoms with Crippen LogP contribution in [0.5, 0.6) is 0 Å². The Hall–Kier alpha value is -4.39. The fourth-order valence-corrected chi connectivity index (χ4v) is 8.53. The lowest BCUT2D eigenvalue weighted by Gasteiger charge is -2.46. The number of benzene rings is 2. The Morgan fingerprint density at radius 2 is 1.74 bits per heavy atom. The summed E-state index contributed by atoms with van der Waals surface area (Å²) >= 11 is 1.51. The molecule has 0 radical (unpaired) electrons. The highest BCUT2D eigenvalue weighted by Crippen LogP contribution is 2.51. The third-order valence-electron chi connectivity index (χ3n) is 9.40. The van der Waals surface area contributed by atoms with Gasteiger partial charge in [-0.05, 0) is 44.4 Å². The summed E-state index contributed by atoms with van der Waals surface area (Å²) in [6, 6.07) is 10.7. The number of nitrogens with one attached hydrogen (secondary N) is 1. The number of anilines is 1. The number of pyridine rings is 1. The zero-order valence-corrected chi connectivity index (χ0v) is 26.3. The highest BCUT2D eigenvalue weighted by Gasteiger charge is 2.64. The molecule has 3 aromatic rings. The summed E-state index contributed by atoms with van der Waals surface area (Å²) in [6.45, 7) is 5.17. The monoisotopic (exact) mass is 647 g/mol. The van der Waals surface area contributed by atoms with Crippen molar-refractivity contribution in [3.05, 3.63) is 75.8 Å². The molecule has 3 aliphatic heterocycles. The minimum Gasteiger partial charge on any atom is -0.477 e. The molecule has 2 aromatic carbocycles. The van der Waals surface area contributed by atoms with Crippen molar-refractivity contribution in [2.45, 2.75) is 61.4 Å². The van der Waals surface area contributed by atoms with Crippen LogP contribution in [-0.2, 0) is 20.8 Å². The van der Waals surface area contributed by atoms with Gasteiger partial charge in [-0.1, -0.05) is 30.3 Å². The van der Waals surface area contributed by atoms with Crippen molar-refractivity contribution >= 4 is 52.0 Å². The first kappa shape index (κ1) is 30.3. The fraction of sp³-hybridized carbons (Fsp3) is 0.424. The van der Waals surface area contributed by atoms with Crippen LogP contribution in [0.4, 0.5) is 10.1 Å². The predicted molar refractivity (Wildman–Crippen MR) is 170 cm³/mol. The van der Waals surface area contributed by atoms with Crippen molar-refractivity contribution in [1.29, 1.82) is 0 Å². The van der Waals surface area contributed by atoms with Crippen molar-refractivity contribution < 1.29 is 28.7 Å². The third kappa shape index (κ3) is 5.10. The second-order valence-corrected chi connectivity index (χ2v) is 14.7. The van der Waals surface area contributed by atoms with Gasteiger partial charge in [-0.3, -0.25) is 19.2 Å². The summed E-state index contributed by atoms with van der Waals surface area (Å²) in [5, 5.41) is 12.1. The molecule has 0 spiro atoms. The first-order valence-electron chi connectivity index (χ1n) is 15.4. The molecule has 3 amide bonds. The van der Waals surface area contributed by atoms with E-state index in [1.54, 1.807) is 20.4 Å². The molecule has 46 heavy (non-hydrogen) atoms. The van der Waals surface area contributed by atoms with Crippen LogP contribution in [0, 0.1) is 5.82 Å². The van der Waals surface area contributed by atoms with Crippen molar-refractivity contribution in [2.24, 2.45) is 0 Å². The molecule has 1 aliphatic carbocycles. The molecule has 4 aliphatic rings. The molecule has 11 nitrogen and oxygen atoms in total. The Balaban J connectivity index is 1.04. The lowest BCUT2D eigenvalue weighted by atomic mass is 9.94. The smallest absolute Gasteiger partial charge is 0.341 e. The van der Waals surface area contributed by atoms with Crippen molar-refractivity contribution in [1.82, 2.24) is 19.7 Å². The predicted octanol–water partition coefficient (Wildman–Crippen LogP) is 2.61. The number of carbonyl (C=O) groups is 4. The second kappa shape index (κ2) is 11.1. The highest BCUT2D eigenvalue weighted by atomic mass is 32.2. The van der Waals surface area contributed by atoms with E-state index in [1.807, 2.05) is 49.1 Å². The van der Waals surface area contributed by atoms with Gasteiger partial charge in [0, 0.05) is 48.6 Å². The number of aromatic carboxylic acids is 1. The van der Waals surface area contributed by atoms with Gasteiger partial charge in [0.2, 0.25) is 23.2 Å². The Bertz CT molecular complexity index is 1840. The number of carboxylic acid groups (broad SMARTS) is 1. The van der Waals surface area contributed by atoms with Crippen molar-refractivity contribution in [2.75, 3.05) is 31.1 Å². The number of nitrogens with zero attached hydrogens (tertiary/aromatic N) is 4. The van der Waals surface area contributed by atoms with Crippen molar-refractivity contribution in [3.63, 3.8) is 0 Å². The van der Waals surface area contributed by atoms with Crippen LogP contribution in [0.1, 0.15) is 48.7 Å². The van der Waals surface area contributed by atoms with Crippen LogP contribution < -0.4 is 15.6 Å². The molecule has 7 rings (SSSR count). The van der Waals surface area contributed by atoms with E-state index in [4.69, 9.17) is 0 Å². The van der Waals surface area contributed by atoms with Crippen LogP contribution >= 0.6 is 11.8 Å². The second-order valence-electron chi connectivity index (χ2n) is 12.9. The Kier molecular flexibility index (Phi) is 7.33. The molecule has 1 unspecified atom stereocenters. The summed E-state index contributed by atoms with van der Waals surface area (Å²) in [4.78, 5) is 69.5. The zero-order chi connectivity index (χ0) is 32.5. The molecule has 13 heteroatoms. The molecule has 1 aromatic heterocycles. The number of piperazine rings is 1. The van der Waals surface area contributed by atoms with E-state index < -0.39 is 34.0 Å². The average Bonchev–Trinajstić information content (AvgIpc) is 3.84. The number of hydrogen-bond acceptors (Lipinski definition) is 7. The quantitative estimate of drug-likeness (QED) is 0.375. The SMILES string of the molecule is CC1(C)S[C@@H]2[C@H](NC(=O)Cc3ccccc3)C(=O)N2C1C(=O)N1CCN(c2cc3c(cc2F)c(=O)c(C(=O)O)cn3C2CC2)CC1. The largest absolute Gasteiger partial charge is 0.477 e. The normalized spacial score (nSPS) is 23.7. The van der Waals surface area contributed by atoms with Gasteiger partial charge in [0.05, 0.1) is 17.6 Å². The molecule has 2 N–H and O–H groups in total. The number of amides is 3. The molecule has 3 atom stereocenters. The van der Waals surface area contributed by atoms with E-state index >= 15 is 4.39 Å². The van der Waals surface area contributed by atoms with E-state index in [1.165, 1.54) is 18.0 Å². The maximum atomic E-state index is 15.5. The summed E-state index contributed by atoms with van der Waals surface area (Å²) in [5.41, 5.74) is 0.540. The van der Waals surface area contributed by atoms with Crippen LogP contribution in [0.3, 0.4) is 0 Å². The number of hydrogen-bond donors (Lipinski definition) is 2. The van der Waals surface area contributed by atoms with Crippen LogP contribution in [0.2, 0.25) is 0 Å². The van der Waals surface area contributed by atoms with Crippen molar-refractivity contribution in [3.8, 4) is 0 Å². The lowest BCUT2D eigenvalue weighted by Crippen LogP contribution is -2.72. The van der Waals surface area contributed by atoms with E-state index in [-0.39, 0.29) is 46.5 Å². The minimum absolute atomic E-state index is 0.0335. The van der Waals surface area contributed by atoms with Gasteiger partial charge in [-0.15, -0.1) is 11.8 Å². The first-order chi connectivity index (χ1) is 21.9. The van der Waals surface area contributed by atoms with E-state index in [0.717, 1.165) is 24.5 Å². The highest BCUT2D eigenvalue weighted by molar-refractivity contribution is 8.01. The molecule has 240 valence electrons. The summed E-state index contributed by atoms with van der Waals surface area (Å²) < 4.78 is 16.6. The average molecular weight is 648 g/mol. The minimum atomic E-state index is -1.34. The van der Waals surface area contributed by atoms with E-state index in [9.17, 15) is 29.1 Å². The number of halogens is 1. The van der Waals surface area contributed by atoms with Gasteiger partial charge < -0.3 is 29.7 Å². The lowest BCUT2D eigenvalue weighted by molar-refractivity contribution is -0.158. The first-order valence-corrected chi connectivity index (χ1v) is 16.3. The number of carbonyl (C=O) groups excluding carboxylic acids is 3. The number of carboxylic acids is 1. The van der Waals surface area contributed by atoms with Gasteiger partial charge >= 0.3 is 5.97 Å². The summed E-state index contributed by atoms with van der Waals surface area (Å²) in [7, 11) is 0. The van der Waals surface area contributed by atoms with Crippen LogP contribution in [0.25, 0.3) is 10.9 Å². The van der Waals surface area contributed by atoms with E-state index in [0.29, 0.717) is 37.4 Å². The molecule has 3 saturated heterocycles. The van der Waals surface area contributed by atoms with Gasteiger partial charge in [0.1, 0.15) is 28.8 Å². The molecule has 4 fully saturated rings. The molecule has 4 heterocycles. The number of thioether (sulfide) groups is 1. The molecule has 0 bridgehead atoms. The summed E-state index contributed by atoms with van der Waals surface area (Å²) in [6.07, 6.45) is 3.22. The molecular formula is C33H34FN5O6S. The number of fused-ring (bicyclic) bond motifs is 2. The Labute approximate surface area is 268 Å². The van der Waals surface area contributed by atoms with Crippen LogP contribution in [-0.4, -0.2) is 91.5 Å². The topological polar surface area (TPSA) is 132 Å². The number of aromatic nitrogens is 1.